The third-order valence-electron chi connectivity index (χ3n) is 11.3. The fourth-order valence-electron chi connectivity index (χ4n) is 8.70. The van der Waals surface area contributed by atoms with Crippen molar-refractivity contribution >= 4 is 86.9 Å². The maximum atomic E-state index is 6.66. The van der Waals surface area contributed by atoms with E-state index in [2.05, 4.69) is 162 Å². The molecule has 268 valence electrons. The second-order valence-electron chi connectivity index (χ2n) is 14.5. The summed E-state index contributed by atoms with van der Waals surface area (Å²) in [7, 11) is 0. The molecule has 1 aliphatic rings. The van der Waals surface area contributed by atoms with Crippen LogP contribution in [-0.2, 0) is 0 Å². The SMILES string of the molecule is c1ccc(C2=NC(c3ccccc3)NC(c3cccc4c3c3ccccc3n4-c3cc(-c4cccc5c4oc4ccccc45)c4sc5ccccc5c4c3)=N2)cc1. The van der Waals surface area contributed by atoms with Crippen molar-refractivity contribution in [1.29, 1.82) is 0 Å². The summed E-state index contributed by atoms with van der Waals surface area (Å²) in [5, 5.41) is 10.8. The van der Waals surface area contributed by atoms with E-state index in [0.29, 0.717) is 5.84 Å². The first-order valence-electron chi connectivity index (χ1n) is 19.2. The molecule has 12 rings (SSSR count). The van der Waals surface area contributed by atoms with Crippen LogP contribution in [0.15, 0.2) is 196 Å². The molecule has 0 bridgehead atoms. The molecule has 1 N–H and O–H groups in total. The molecule has 0 fully saturated rings. The average Bonchev–Trinajstić information content (AvgIpc) is 3.96. The van der Waals surface area contributed by atoms with E-state index < -0.39 is 0 Å². The lowest BCUT2D eigenvalue weighted by molar-refractivity contribution is 0.670. The van der Waals surface area contributed by atoms with Crippen molar-refractivity contribution in [1.82, 2.24) is 9.88 Å². The summed E-state index contributed by atoms with van der Waals surface area (Å²) >= 11 is 1.84. The van der Waals surface area contributed by atoms with Crippen LogP contribution >= 0.6 is 11.3 Å². The summed E-state index contributed by atoms with van der Waals surface area (Å²) in [5.74, 6) is 1.50. The van der Waals surface area contributed by atoms with Gasteiger partial charge in [-0.1, -0.05) is 146 Å². The van der Waals surface area contributed by atoms with E-state index >= 15 is 0 Å². The van der Waals surface area contributed by atoms with Gasteiger partial charge in [-0.25, -0.2) is 9.98 Å². The minimum Gasteiger partial charge on any atom is -0.455 e. The van der Waals surface area contributed by atoms with Gasteiger partial charge in [0.05, 0.1) is 11.0 Å². The van der Waals surface area contributed by atoms with Crippen molar-refractivity contribution in [2.75, 3.05) is 0 Å². The van der Waals surface area contributed by atoms with Crippen LogP contribution in [0.2, 0.25) is 0 Å². The molecule has 4 heterocycles. The highest BCUT2D eigenvalue weighted by atomic mass is 32.1. The number of rotatable bonds is 5. The van der Waals surface area contributed by atoms with E-state index in [-0.39, 0.29) is 6.17 Å². The summed E-state index contributed by atoms with van der Waals surface area (Å²) in [6, 6.07) is 64.3. The maximum Gasteiger partial charge on any atom is 0.159 e. The Morgan fingerprint density at radius 2 is 1.23 bits per heavy atom. The van der Waals surface area contributed by atoms with Crippen molar-refractivity contribution < 1.29 is 4.42 Å². The van der Waals surface area contributed by atoms with E-state index in [1.165, 1.54) is 20.2 Å². The Hall–Kier alpha value is -7.28. The topological polar surface area (TPSA) is 54.8 Å². The van der Waals surface area contributed by atoms with Crippen LogP contribution in [-0.4, -0.2) is 16.2 Å². The lowest BCUT2D eigenvalue weighted by Crippen LogP contribution is -2.33. The first-order valence-corrected chi connectivity index (χ1v) is 20.0. The van der Waals surface area contributed by atoms with Gasteiger partial charge in [0.25, 0.3) is 0 Å². The second kappa shape index (κ2) is 12.6. The van der Waals surface area contributed by atoms with E-state index in [0.717, 1.165) is 83.1 Å². The summed E-state index contributed by atoms with van der Waals surface area (Å²) < 4.78 is 11.6. The first-order chi connectivity index (χ1) is 28.3. The number of hydrogen-bond acceptors (Lipinski definition) is 5. The molecule has 3 aromatic heterocycles. The summed E-state index contributed by atoms with van der Waals surface area (Å²) in [4.78, 5) is 10.4. The van der Waals surface area contributed by atoms with Crippen LogP contribution in [0, 0.1) is 0 Å². The molecular formula is C51H32N4OS. The zero-order chi connectivity index (χ0) is 37.5. The predicted molar refractivity (Wildman–Crippen MR) is 238 cm³/mol. The van der Waals surface area contributed by atoms with E-state index in [9.17, 15) is 0 Å². The van der Waals surface area contributed by atoms with Crippen molar-refractivity contribution in [3.63, 3.8) is 0 Å². The number of aromatic nitrogens is 1. The van der Waals surface area contributed by atoms with Gasteiger partial charge < -0.3 is 14.3 Å². The van der Waals surface area contributed by atoms with Gasteiger partial charge in [-0.15, -0.1) is 11.3 Å². The lowest BCUT2D eigenvalue weighted by Gasteiger charge is -2.24. The number of nitrogens with zero attached hydrogens (tertiary/aromatic N) is 3. The van der Waals surface area contributed by atoms with Crippen molar-refractivity contribution in [2.24, 2.45) is 9.98 Å². The molecule has 5 nitrogen and oxygen atoms in total. The molecule has 0 radical (unpaired) electrons. The monoisotopic (exact) mass is 748 g/mol. The highest BCUT2D eigenvalue weighted by Crippen LogP contribution is 2.46. The Morgan fingerprint density at radius 1 is 0.544 bits per heavy atom. The number of thiophene rings is 1. The Kier molecular flexibility index (Phi) is 7.09. The highest BCUT2D eigenvalue weighted by molar-refractivity contribution is 7.26. The van der Waals surface area contributed by atoms with Gasteiger partial charge in [-0.2, -0.15) is 0 Å². The van der Waals surface area contributed by atoms with E-state index in [1.807, 2.05) is 41.7 Å². The molecule has 1 unspecified atom stereocenters. The van der Waals surface area contributed by atoms with Gasteiger partial charge >= 0.3 is 0 Å². The first kappa shape index (κ1) is 32.0. The van der Waals surface area contributed by atoms with Gasteiger partial charge in [-0.05, 0) is 42.0 Å². The van der Waals surface area contributed by atoms with Gasteiger partial charge in [0.2, 0.25) is 0 Å². The molecule has 6 heteroatoms. The molecule has 0 saturated carbocycles. The average molecular weight is 749 g/mol. The number of nitrogens with one attached hydrogen (secondary N) is 1. The molecule has 57 heavy (non-hydrogen) atoms. The normalized spacial score (nSPS) is 14.5. The van der Waals surface area contributed by atoms with Gasteiger partial charge in [0.1, 0.15) is 23.2 Å². The number of benzene rings is 8. The Morgan fingerprint density at radius 3 is 2.11 bits per heavy atom. The van der Waals surface area contributed by atoms with E-state index in [4.69, 9.17) is 14.4 Å². The molecule has 0 saturated heterocycles. The minimum atomic E-state index is -0.296. The third kappa shape index (κ3) is 5.01. The number of hydrogen-bond donors (Lipinski definition) is 1. The van der Waals surface area contributed by atoms with Gasteiger partial charge in [0, 0.05) is 69.7 Å². The molecule has 0 spiro atoms. The summed E-state index contributed by atoms with van der Waals surface area (Å²) in [6.45, 7) is 0. The number of fused-ring (bicyclic) bond motifs is 9. The number of furan rings is 1. The minimum absolute atomic E-state index is 0.296. The number of amidine groups is 2. The highest BCUT2D eigenvalue weighted by Gasteiger charge is 2.25. The van der Waals surface area contributed by atoms with Crippen LogP contribution in [0.25, 0.3) is 80.7 Å². The Bertz CT molecular complexity index is 3450. The summed E-state index contributed by atoms with van der Waals surface area (Å²) in [5.41, 5.74) is 10.5. The molecule has 0 aliphatic carbocycles. The fourth-order valence-corrected chi connectivity index (χ4v) is 9.92. The smallest absolute Gasteiger partial charge is 0.159 e. The van der Waals surface area contributed by atoms with Crippen LogP contribution in [0.1, 0.15) is 22.9 Å². The van der Waals surface area contributed by atoms with Crippen LogP contribution in [0.4, 0.5) is 0 Å². The standard InChI is InChI=1S/C51H32N4OS/c1-3-15-31(16-4-1)49-52-50(32-17-5-2-6-18-32)54-51(53-49)39-24-14-26-43-46(39)38-21-7-10-25-42(38)55(43)33-29-40-35-20-9-12-28-45(35)57-48(40)41(30-33)37-23-13-22-36-34-19-8-11-27-44(34)56-47(36)37/h1-30,49H,(H,52,53,54). The molecule has 1 aliphatic heterocycles. The van der Waals surface area contributed by atoms with Crippen LogP contribution in [0.5, 0.6) is 0 Å². The van der Waals surface area contributed by atoms with Crippen molar-refractivity contribution in [3.05, 3.63) is 199 Å². The predicted octanol–water partition coefficient (Wildman–Crippen LogP) is 13.2. The number of aliphatic imine (C=N–C) groups is 2. The fraction of sp³-hybridized carbons (Fsp3) is 0.0196. The van der Waals surface area contributed by atoms with Crippen LogP contribution in [0.3, 0.4) is 0 Å². The molecule has 11 aromatic rings. The number of para-hydroxylation sites is 3. The van der Waals surface area contributed by atoms with Crippen molar-refractivity contribution in [3.8, 4) is 16.8 Å². The van der Waals surface area contributed by atoms with Crippen molar-refractivity contribution in [2.45, 2.75) is 6.17 Å². The molecule has 0 amide bonds. The largest absolute Gasteiger partial charge is 0.455 e. The van der Waals surface area contributed by atoms with Gasteiger partial charge in [0.15, 0.2) is 5.84 Å². The molecule has 8 aromatic carbocycles. The summed E-state index contributed by atoms with van der Waals surface area (Å²) in [6.07, 6.45) is -0.296. The second-order valence-corrected chi connectivity index (χ2v) is 15.6. The van der Waals surface area contributed by atoms with Crippen LogP contribution < -0.4 is 5.32 Å². The van der Waals surface area contributed by atoms with Gasteiger partial charge in [-0.3, -0.25) is 0 Å². The maximum absolute atomic E-state index is 6.66. The Labute approximate surface area is 331 Å². The zero-order valence-electron chi connectivity index (χ0n) is 30.6. The quantitative estimate of drug-likeness (QED) is 0.191. The zero-order valence-corrected chi connectivity index (χ0v) is 31.4. The third-order valence-corrected chi connectivity index (χ3v) is 12.5. The van der Waals surface area contributed by atoms with E-state index in [1.54, 1.807) is 0 Å². The molecular weight excluding hydrogens is 717 g/mol. The Balaban J connectivity index is 1.12. The molecule has 1 atom stereocenters. The lowest BCUT2D eigenvalue weighted by atomic mass is 9.99.